The zero-order chi connectivity index (χ0) is 17.3. The molecule has 1 aromatic rings. The van der Waals surface area contributed by atoms with Crippen LogP contribution in [-0.2, 0) is 15.8 Å². The van der Waals surface area contributed by atoms with Gasteiger partial charge in [0.1, 0.15) is 5.69 Å². The van der Waals surface area contributed by atoms with E-state index >= 15 is 0 Å². The molecule has 1 saturated carbocycles. The average Bonchev–Trinajstić information content (AvgIpc) is 2.46. The number of carbonyl (C=O) groups excluding carboxylic acids is 1. The molecule has 128 valence electrons. The van der Waals surface area contributed by atoms with Gasteiger partial charge in [-0.3, -0.25) is 9.78 Å². The van der Waals surface area contributed by atoms with Crippen molar-refractivity contribution in [2.45, 2.75) is 49.8 Å². The molecule has 0 spiro atoms. The Morgan fingerprint density at radius 3 is 2.48 bits per heavy atom. The summed E-state index contributed by atoms with van der Waals surface area (Å²) >= 11 is 0. The van der Waals surface area contributed by atoms with Crippen LogP contribution >= 0.6 is 0 Å². The van der Waals surface area contributed by atoms with Crippen LogP contribution in [0.2, 0.25) is 0 Å². The van der Waals surface area contributed by atoms with Crippen molar-refractivity contribution in [3.05, 3.63) is 29.6 Å². The molecule has 1 aliphatic rings. The Morgan fingerprint density at radius 1 is 1.30 bits per heavy atom. The summed E-state index contributed by atoms with van der Waals surface area (Å²) in [5.41, 5.74) is -0.281. The fourth-order valence-electron chi connectivity index (χ4n) is 2.81. The van der Waals surface area contributed by atoms with Gasteiger partial charge in [0.15, 0.2) is 9.84 Å². The largest absolute Gasteiger partial charge is 0.348 e. The van der Waals surface area contributed by atoms with Gasteiger partial charge in [0.25, 0.3) is 11.8 Å². The van der Waals surface area contributed by atoms with E-state index in [1.165, 1.54) is 12.3 Å². The van der Waals surface area contributed by atoms with Crippen molar-refractivity contribution < 1.29 is 22.0 Å². The minimum absolute atomic E-state index is 0.135. The van der Waals surface area contributed by atoms with Gasteiger partial charge in [0.2, 0.25) is 0 Å². The van der Waals surface area contributed by atoms with Crippen molar-refractivity contribution in [2.75, 3.05) is 6.26 Å². The average molecular weight is 346 g/mol. The molecule has 5 nitrogen and oxygen atoms in total. The van der Waals surface area contributed by atoms with E-state index < -0.39 is 38.7 Å². The highest BCUT2D eigenvalue weighted by atomic mass is 32.2. The van der Waals surface area contributed by atoms with Crippen LogP contribution in [0.25, 0.3) is 0 Å². The smallest absolute Gasteiger partial charge is 0.286 e. The Bertz CT molecular complexity index is 669. The third-order valence-corrected chi connectivity index (χ3v) is 5.71. The highest BCUT2D eigenvalue weighted by molar-refractivity contribution is 7.91. The first-order valence-electron chi connectivity index (χ1n) is 7.43. The Labute approximate surface area is 134 Å². The van der Waals surface area contributed by atoms with Crippen molar-refractivity contribution in [2.24, 2.45) is 0 Å². The summed E-state index contributed by atoms with van der Waals surface area (Å²) in [6.45, 7) is 0.730. The van der Waals surface area contributed by atoms with Crippen LogP contribution in [-0.4, -0.2) is 36.9 Å². The summed E-state index contributed by atoms with van der Waals surface area (Å²) in [5, 5.41) is 2.10. The van der Waals surface area contributed by atoms with Crippen molar-refractivity contribution in [3.63, 3.8) is 0 Å². The maximum atomic E-state index is 13.1. The lowest BCUT2D eigenvalue weighted by Crippen LogP contribution is -2.48. The van der Waals surface area contributed by atoms with Crippen molar-refractivity contribution >= 4 is 15.7 Å². The van der Waals surface area contributed by atoms with E-state index in [1.807, 2.05) is 0 Å². The lowest BCUT2D eigenvalue weighted by molar-refractivity contribution is 0.0127. The number of alkyl halides is 2. The summed E-state index contributed by atoms with van der Waals surface area (Å²) in [6.07, 6.45) is 5.01. The number of rotatable bonds is 4. The minimum Gasteiger partial charge on any atom is -0.348 e. The summed E-state index contributed by atoms with van der Waals surface area (Å²) in [7, 11) is -3.26. The van der Waals surface area contributed by atoms with E-state index in [0.717, 1.165) is 32.0 Å². The first-order chi connectivity index (χ1) is 10.6. The molecule has 0 radical (unpaired) electrons. The third kappa shape index (κ3) is 4.46. The molecule has 0 saturated heterocycles. The van der Waals surface area contributed by atoms with E-state index in [1.54, 1.807) is 0 Å². The summed E-state index contributed by atoms with van der Waals surface area (Å²) in [4.78, 5) is 15.8. The Morgan fingerprint density at radius 2 is 1.96 bits per heavy atom. The number of sulfone groups is 1. The molecule has 1 aromatic heterocycles. The van der Waals surface area contributed by atoms with E-state index in [0.29, 0.717) is 12.8 Å². The predicted octanol–water partition coefficient (Wildman–Crippen LogP) is 2.28. The molecular weight excluding hydrogens is 326 g/mol. The Balaban J connectivity index is 2.11. The lowest BCUT2D eigenvalue weighted by atomic mass is 9.94. The molecule has 1 N–H and O–H groups in total. The van der Waals surface area contributed by atoms with Crippen molar-refractivity contribution in [1.29, 1.82) is 0 Å². The number of hydrogen-bond donors (Lipinski definition) is 1. The number of aromatic nitrogens is 1. The normalized spacial score (nSPS) is 22.6. The van der Waals surface area contributed by atoms with Gasteiger partial charge in [-0.05, 0) is 25.0 Å². The standard InChI is InChI=1S/C15H20F2N2O3S/c1-15(16,17)13-8-7-10(9-18-13)14(20)19-11-5-3-4-6-12(11)23(2,21)22/h7-9,11-12H,3-6H2,1-2H3,(H,19,20)/t11-,12-/m1/s1. The number of carbonyl (C=O) groups is 1. The number of hydrogen-bond acceptors (Lipinski definition) is 4. The molecule has 0 aromatic carbocycles. The maximum Gasteiger partial charge on any atom is 0.286 e. The van der Waals surface area contributed by atoms with Gasteiger partial charge in [-0.15, -0.1) is 0 Å². The van der Waals surface area contributed by atoms with Crippen molar-refractivity contribution in [1.82, 2.24) is 10.3 Å². The molecule has 1 heterocycles. The van der Waals surface area contributed by atoms with Gasteiger partial charge in [0.05, 0.1) is 10.8 Å². The Kier molecular flexibility index (Phi) is 5.03. The van der Waals surface area contributed by atoms with Gasteiger partial charge in [-0.25, -0.2) is 8.42 Å². The minimum atomic E-state index is -3.26. The molecule has 0 unspecified atom stereocenters. The SMILES string of the molecule is CC(F)(F)c1ccc(C(=O)N[C@@H]2CCCC[C@H]2S(C)(=O)=O)cn1. The zero-order valence-electron chi connectivity index (χ0n) is 13.1. The summed E-state index contributed by atoms with van der Waals surface area (Å²) in [6, 6.07) is 1.91. The first kappa shape index (κ1) is 17.8. The van der Waals surface area contributed by atoms with E-state index in [2.05, 4.69) is 10.3 Å². The van der Waals surface area contributed by atoms with Crippen LogP contribution in [0.3, 0.4) is 0 Å². The number of amides is 1. The zero-order valence-corrected chi connectivity index (χ0v) is 13.9. The molecule has 1 amide bonds. The number of halogens is 2. The van der Waals surface area contributed by atoms with Crippen LogP contribution < -0.4 is 5.32 Å². The molecule has 2 atom stereocenters. The molecule has 1 aliphatic carbocycles. The predicted molar refractivity (Wildman–Crippen MR) is 82.2 cm³/mol. The number of nitrogens with zero attached hydrogens (tertiary/aromatic N) is 1. The molecule has 0 bridgehead atoms. The highest BCUT2D eigenvalue weighted by Crippen LogP contribution is 2.26. The molecule has 8 heteroatoms. The summed E-state index contributed by atoms with van der Waals surface area (Å²) in [5.74, 6) is -3.57. The molecule has 23 heavy (non-hydrogen) atoms. The van der Waals surface area contributed by atoms with Crippen LogP contribution in [0.4, 0.5) is 8.78 Å². The van der Waals surface area contributed by atoms with Crippen LogP contribution in [0, 0.1) is 0 Å². The third-order valence-electron chi connectivity index (χ3n) is 4.04. The molecular formula is C15H20F2N2O3S. The Hall–Kier alpha value is -1.57. The molecule has 2 rings (SSSR count). The fourth-order valence-corrected chi connectivity index (χ4v) is 4.21. The fraction of sp³-hybridized carbons (Fsp3) is 0.600. The molecule has 1 fully saturated rings. The van der Waals surface area contributed by atoms with Gasteiger partial charge < -0.3 is 5.32 Å². The number of pyridine rings is 1. The second kappa shape index (κ2) is 6.51. The second-order valence-electron chi connectivity index (χ2n) is 6.05. The van der Waals surface area contributed by atoms with Crippen LogP contribution in [0.15, 0.2) is 18.3 Å². The number of nitrogens with one attached hydrogen (secondary N) is 1. The lowest BCUT2D eigenvalue weighted by Gasteiger charge is -2.30. The first-order valence-corrected chi connectivity index (χ1v) is 9.38. The van der Waals surface area contributed by atoms with Gasteiger partial charge in [-0.1, -0.05) is 12.8 Å². The quantitative estimate of drug-likeness (QED) is 0.907. The second-order valence-corrected chi connectivity index (χ2v) is 8.32. The van der Waals surface area contributed by atoms with Gasteiger partial charge in [-0.2, -0.15) is 8.78 Å². The van der Waals surface area contributed by atoms with E-state index in [-0.39, 0.29) is 5.56 Å². The van der Waals surface area contributed by atoms with Gasteiger partial charge >= 0.3 is 0 Å². The van der Waals surface area contributed by atoms with E-state index in [9.17, 15) is 22.0 Å². The monoisotopic (exact) mass is 346 g/mol. The van der Waals surface area contributed by atoms with Crippen molar-refractivity contribution in [3.8, 4) is 0 Å². The van der Waals surface area contributed by atoms with Crippen LogP contribution in [0.1, 0.15) is 48.7 Å². The highest BCUT2D eigenvalue weighted by Gasteiger charge is 2.34. The van der Waals surface area contributed by atoms with E-state index in [4.69, 9.17) is 0 Å². The molecule has 0 aliphatic heterocycles. The van der Waals surface area contributed by atoms with Crippen LogP contribution in [0.5, 0.6) is 0 Å². The maximum absolute atomic E-state index is 13.1. The summed E-state index contributed by atoms with van der Waals surface area (Å²) < 4.78 is 49.9. The van der Waals surface area contributed by atoms with Gasteiger partial charge in [0, 0.05) is 25.4 Å². The topological polar surface area (TPSA) is 76.1 Å².